The van der Waals surface area contributed by atoms with Gasteiger partial charge >= 0.3 is 5.97 Å². The molecule has 0 spiro atoms. The molecule has 0 amide bonds. The van der Waals surface area contributed by atoms with Gasteiger partial charge in [-0.2, -0.15) is 0 Å². The van der Waals surface area contributed by atoms with E-state index >= 15 is 0 Å². The van der Waals surface area contributed by atoms with Crippen LogP contribution in [0.25, 0.3) is 0 Å². The molecule has 2 aromatic rings. The lowest BCUT2D eigenvalue weighted by Crippen LogP contribution is -2.16. The van der Waals surface area contributed by atoms with Crippen molar-refractivity contribution in [1.29, 1.82) is 0 Å². The van der Waals surface area contributed by atoms with Crippen LogP contribution in [0, 0.1) is 5.82 Å². The summed E-state index contributed by atoms with van der Waals surface area (Å²) < 4.78 is 37.4. The highest BCUT2D eigenvalue weighted by atomic mass is 32.2. The fourth-order valence-corrected chi connectivity index (χ4v) is 3.00. The first kappa shape index (κ1) is 16.6. The fourth-order valence-electron chi connectivity index (χ4n) is 1.75. The van der Waals surface area contributed by atoms with E-state index in [1.807, 2.05) is 0 Å². The number of H-pyrrole nitrogens is 1. The second-order valence-electron chi connectivity index (χ2n) is 4.54. The Morgan fingerprint density at radius 2 is 1.74 bits per heavy atom. The molecule has 0 fully saturated rings. The van der Waals surface area contributed by atoms with Crippen molar-refractivity contribution in [1.82, 2.24) is 4.98 Å². The third-order valence-corrected chi connectivity index (χ3v) is 4.66. The van der Waals surface area contributed by atoms with Crippen molar-refractivity contribution in [2.24, 2.45) is 0 Å². The fraction of sp³-hybridized carbons (Fsp3) is 0.0714. The predicted molar refractivity (Wildman–Crippen MR) is 74.2 cm³/mol. The van der Waals surface area contributed by atoms with E-state index in [4.69, 9.17) is 5.11 Å². The Morgan fingerprint density at radius 3 is 2.30 bits per heavy atom. The van der Waals surface area contributed by atoms with Crippen LogP contribution < -0.4 is 0 Å². The van der Waals surface area contributed by atoms with Gasteiger partial charge in [-0.1, -0.05) is 0 Å². The van der Waals surface area contributed by atoms with Crippen molar-refractivity contribution < 1.29 is 32.3 Å². The highest BCUT2D eigenvalue weighted by Crippen LogP contribution is 2.21. The van der Waals surface area contributed by atoms with Gasteiger partial charge in [0.15, 0.2) is 5.78 Å². The standard InChI is InChI=1S/C14H10FNO6S/c15-9-1-3-10(4-2-9)23(21,22)13-5-8(7-16-13)11(17)6-12(18)14(19)20/h1-5,7,16H,6H2,(H,19,20). The van der Waals surface area contributed by atoms with Gasteiger partial charge in [-0.25, -0.2) is 17.6 Å². The number of carbonyl (C=O) groups is 3. The molecule has 2 rings (SSSR count). The SMILES string of the molecule is O=C(O)C(=O)CC(=O)c1c[nH]c(S(=O)(=O)c2ccc(F)cc2)c1. The highest BCUT2D eigenvalue weighted by Gasteiger charge is 2.23. The van der Waals surface area contributed by atoms with Gasteiger partial charge in [0, 0.05) is 11.8 Å². The Hall–Kier alpha value is -2.81. The zero-order valence-electron chi connectivity index (χ0n) is 11.4. The zero-order valence-corrected chi connectivity index (χ0v) is 12.3. The van der Waals surface area contributed by atoms with Crippen molar-refractivity contribution in [3.8, 4) is 0 Å². The van der Waals surface area contributed by atoms with Gasteiger partial charge in [0.25, 0.3) is 0 Å². The predicted octanol–water partition coefficient (Wildman–Crippen LogP) is 1.21. The number of nitrogens with one attached hydrogen (secondary N) is 1. The maximum Gasteiger partial charge on any atom is 0.372 e. The van der Waals surface area contributed by atoms with E-state index in [2.05, 4.69) is 4.98 Å². The van der Waals surface area contributed by atoms with E-state index in [1.165, 1.54) is 0 Å². The smallest absolute Gasteiger partial charge is 0.372 e. The third-order valence-electron chi connectivity index (χ3n) is 2.95. The van der Waals surface area contributed by atoms with Gasteiger partial charge in [0.1, 0.15) is 10.8 Å². The molecule has 23 heavy (non-hydrogen) atoms. The van der Waals surface area contributed by atoms with E-state index in [1.54, 1.807) is 0 Å². The average Bonchev–Trinajstić information content (AvgIpc) is 2.98. The van der Waals surface area contributed by atoms with Crippen molar-refractivity contribution >= 4 is 27.4 Å². The molecule has 0 saturated heterocycles. The molecular weight excluding hydrogens is 329 g/mol. The zero-order chi connectivity index (χ0) is 17.2. The van der Waals surface area contributed by atoms with Crippen LogP contribution in [0.4, 0.5) is 4.39 Å². The van der Waals surface area contributed by atoms with Gasteiger partial charge in [-0.15, -0.1) is 0 Å². The molecule has 9 heteroatoms. The van der Waals surface area contributed by atoms with Crippen LogP contribution in [0.3, 0.4) is 0 Å². The summed E-state index contributed by atoms with van der Waals surface area (Å²) in [4.78, 5) is 35.3. The van der Waals surface area contributed by atoms with Crippen LogP contribution in [0.1, 0.15) is 16.8 Å². The number of sulfone groups is 1. The van der Waals surface area contributed by atoms with Crippen molar-refractivity contribution in [2.45, 2.75) is 16.3 Å². The number of carbonyl (C=O) groups excluding carboxylic acids is 2. The number of halogens is 1. The number of ketones is 2. The maximum absolute atomic E-state index is 12.8. The molecule has 1 aromatic carbocycles. The second kappa shape index (κ2) is 6.13. The molecule has 0 unspecified atom stereocenters. The minimum Gasteiger partial charge on any atom is -0.475 e. The van der Waals surface area contributed by atoms with Crippen molar-refractivity contribution in [3.63, 3.8) is 0 Å². The van der Waals surface area contributed by atoms with Gasteiger partial charge in [0.2, 0.25) is 15.6 Å². The van der Waals surface area contributed by atoms with Gasteiger partial charge in [0.05, 0.1) is 11.3 Å². The number of aromatic nitrogens is 1. The largest absolute Gasteiger partial charge is 0.475 e. The van der Waals surface area contributed by atoms with Gasteiger partial charge in [-0.3, -0.25) is 9.59 Å². The molecule has 0 bridgehead atoms. The van der Waals surface area contributed by atoms with E-state index in [0.29, 0.717) is 0 Å². The molecule has 0 aliphatic heterocycles. The number of hydrogen-bond acceptors (Lipinski definition) is 5. The summed E-state index contributed by atoms with van der Waals surface area (Å²) in [6.45, 7) is 0. The number of carboxylic acid groups (broad SMARTS) is 1. The lowest BCUT2D eigenvalue weighted by atomic mass is 10.1. The molecule has 120 valence electrons. The molecule has 0 atom stereocenters. The Morgan fingerprint density at radius 1 is 1.13 bits per heavy atom. The Kier molecular flexibility index (Phi) is 4.41. The molecule has 7 nitrogen and oxygen atoms in total. The molecule has 1 heterocycles. The molecule has 2 N–H and O–H groups in total. The Bertz CT molecular complexity index is 882. The van der Waals surface area contributed by atoms with Crippen molar-refractivity contribution in [3.05, 3.63) is 47.9 Å². The number of benzene rings is 1. The maximum atomic E-state index is 12.8. The van der Waals surface area contributed by atoms with Crippen molar-refractivity contribution in [2.75, 3.05) is 0 Å². The summed E-state index contributed by atoms with van der Waals surface area (Å²) in [5.74, 6) is -4.46. The number of rotatable bonds is 6. The van der Waals surface area contributed by atoms with Gasteiger partial charge < -0.3 is 10.1 Å². The molecule has 0 saturated carbocycles. The van der Waals surface area contributed by atoms with E-state index in [-0.39, 0.29) is 15.5 Å². The van der Waals surface area contributed by atoms with Crippen LogP contribution in [0.15, 0.2) is 46.5 Å². The topological polar surface area (TPSA) is 121 Å². The summed E-state index contributed by atoms with van der Waals surface area (Å²) >= 11 is 0. The number of aromatic amines is 1. The summed E-state index contributed by atoms with van der Waals surface area (Å²) in [5, 5.41) is 8.12. The minimum absolute atomic E-state index is 0.139. The van der Waals surface area contributed by atoms with E-state index in [9.17, 15) is 27.2 Å². The molecule has 0 radical (unpaired) electrons. The number of aliphatic carboxylic acids is 1. The normalized spacial score (nSPS) is 11.2. The minimum atomic E-state index is -3.99. The summed E-state index contributed by atoms with van der Waals surface area (Å²) in [6, 6.07) is 5.10. The van der Waals surface area contributed by atoms with Gasteiger partial charge in [-0.05, 0) is 30.3 Å². The average molecular weight is 339 g/mol. The first-order chi connectivity index (χ1) is 10.7. The number of hydrogen-bond donors (Lipinski definition) is 2. The molecule has 1 aromatic heterocycles. The number of Topliss-reactive ketones (excluding diaryl/α,β-unsaturated/α-hetero) is 2. The van der Waals surface area contributed by atoms with E-state index < -0.39 is 39.6 Å². The Balaban J connectivity index is 2.28. The lowest BCUT2D eigenvalue weighted by molar-refractivity contribution is -0.148. The van der Waals surface area contributed by atoms with Crippen LogP contribution in [0.5, 0.6) is 0 Å². The van der Waals surface area contributed by atoms with Crippen LogP contribution in [-0.2, 0) is 19.4 Å². The lowest BCUT2D eigenvalue weighted by Gasteiger charge is -2.01. The summed E-state index contributed by atoms with van der Waals surface area (Å²) in [5.41, 5.74) is -0.139. The first-order valence-electron chi connectivity index (χ1n) is 6.20. The summed E-state index contributed by atoms with van der Waals surface area (Å²) in [6.07, 6.45) is 0.192. The quantitative estimate of drug-likeness (QED) is 0.353. The first-order valence-corrected chi connectivity index (χ1v) is 7.68. The molecular formula is C14H10FNO6S. The number of carboxylic acids is 1. The van der Waals surface area contributed by atoms with Crippen LogP contribution in [0.2, 0.25) is 0 Å². The second-order valence-corrected chi connectivity index (χ2v) is 6.46. The summed E-state index contributed by atoms with van der Waals surface area (Å²) in [7, 11) is -3.99. The van der Waals surface area contributed by atoms with Crippen LogP contribution >= 0.6 is 0 Å². The van der Waals surface area contributed by atoms with E-state index in [0.717, 1.165) is 36.5 Å². The monoisotopic (exact) mass is 339 g/mol. The molecule has 0 aliphatic carbocycles. The van der Waals surface area contributed by atoms with Crippen LogP contribution in [-0.4, -0.2) is 36.0 Å². The third kappa shape index (κ3) is 3.51. The molecule has 0 aliphatic rings. The Labute approximate surface area is 129 Å². The highest BCUT2D eigenvalue weighted by molar-refractivity contribution is 7.91.